The molecule has 0 aliphatic heterocycles. The van der Waals surface area contributed by atoms with Gasteiger partial charge in [-0.15, -0.1) is 11.8 Å². The van der Waals surface area contributed by atoms with Crippen molar-refractivity contribution in [2.24, 2.45) is 0 Å². The van der Waals surface area contributed by atoms with Gasteiger partial charge in [0.05, 0.1) is 5.02 Å². The monoisotopic (exact) mass is 218 g/mol. The van der Waals surface area contributed by atoms with E-state index in [0.29, 0.717) is 0 Å². The molecular formula is C9H11ClS2. The summed E-state index contributed by atoms with van der Waals surface area (Å²) in [4.78, 5) is 1.17. The summed E-state index contributed by atoms with van der Waals surface area (Å²) >= 11 is 11.9. The van der Waals surface area contributed by atoms with Gasteiger partial charge in [0.2, 0.25) is 0 Å². The summed E-state index contributed by atoms with van der Waals surface area (Å²) < 4.78 is 0. The summed E-state index contributed by atoms with van der Waals surface area (Å²) in [5.41, 5.74) is 0. The van der Waals surface area contributed by atoms with Crippen LogP contribution >= 0.6 is 36.0 Å². The van der Waals surface area contributed by atoms with Crippen LogP contribution in [0.3, 0.4) is 0 Å². The van der Waals surface area contributed by atoms with Crippen LogP contribution in [0.2, 0.25) is 5.02 Å². The van der Waals surface area contributed by atoms with E-state index < -0.39 is 0 Å². The van der Waals surface area contributed by atoms with Crippen LogP contribution < -0.4 is 0 Å². The molecule has 0 N–H and O–H groups in total. The maximum atomic E-state index is 5.96. The molecule has 3 heteroatoms. The van der Waals surface area contributed by atoms with Gasteiger partial charge in [0.25, 0.3) is 0 Å². The molecule has 0 bridgehead atoms. The van der Waals surface area contributed by atoms with Crippen molar-refractivity contribution < 1.29 is 0 Å². The fourth-order valence-corrected chi connectivity index (χ4v) is 2.37. The van der Waals surface area contributed by atoms with Crippen LogP contribution in [-0.4, -0.2) is 11.5 Å². The van der Waals surface area contributed by atoms with Gasteiger partial charge in [-0.25, -0.2) is 0 Å². The van der Waals surface area contributed by atoms with Crippen LogP contribution in [-0.2, 0) is 0 Å². The van der Waals surface area contributed by atoms with E-state index in [-0.39, 0.29) is 0 Å². The number of hydrogen-bond donors (Lipinski definition) is 1. The topological polar surface area (TPSA) is 0 Å². The maximum absolute atomic E-state index is 5.96. The Bertz CT molecular complexity index is 238. The minimum atomic E-state index is 0.849. The Balaban J connectivity index is 2.46. The highest BCUT2D eigenvalue weighted by atomic mass is 35.5. The fraction of sp³-hybridized carbons (Fsp3) is 0.333. The third-order valence-electron chi connectivity index (χ3n) is 1.40. The van der Waals surface area contributed by atoms with E-state index in [4.69, 9.17) is 11.6 Å². The Labute approximate surface area is 88.1 Å². The van der Waals surface area contributed by atoms with Gasteiger partial charge in [-0.2, -0.15) is 12.6 Å². The first kappa shape index (κ1) is 10.3. The third kappa shape index (κ3) is 3.30. The summed E-state index contributed by atoms with van der Waals surface area (Å²) in [6.45, 7) is 0. The van der Waals surface area contributed by atoms with Gasteiger partial charge < -0.3 is 0 Å². The molecule has 0 spiro atoms. The van der Waals surface area contributed by atoms with Gasteiger partial charge in [0.15, 0.2) is 0 Å². The van der Waals surface area contributed by atoms with E-state index in [1.54, 1.807) is 11.8 Å². The fourth-order valence-electron chi connectivity index (χ4n) is 0.808. The molecule has 0 nitrogen and oxygen atoms in total. The molecule has 0 unspecified atom stereocenters. The Kier molecular flexibility index (Phi) is 4.96. The molecule has 12 heavy (non-hydrogen) atoms. The van der Waals surface area contributed by atoms with Crippen LogP contribution in [0.4, 0.5) is 0 Å². The van der Waals surface area contributed by atoms with Crippen molar-refractivity contribution in [1.29, 1.82) is 0 Å². The van der Waals surface area contributed by atoms with Gasteiger partial charge in [-0.1, -0.05) is 23.7 Å². The summed E-state index contributed by atoms with van der Waals surface area (Å²) in [5, 5.41) is 0.849. The average molecular weight is 219 g/mol. The quantitative estimate of drug-likeness (QED) is 0.456. The first-order chi connectivity index (χ1) is 5.84. The highest BCUT2D eigenvalue weighted by Crippen LogP contribution is 2.26. The maximum Gasteiger partial charge on any atom is 0.0541 e. The molecular weight excluding hydrogens is 208 g/mol. The molecule has 0 saturated heterocycles. The highest BCUT2D eigenvalue weighted by molar-refractivity contribution is 7.99. The second-order valence-electron chi connectivity index (χ2n) is 2.36. The minimum absolute atomic E-state index is 0.849. The zero-order chi connectivity index (χ0) is 8.81. The molecule has 0 atom stereocenters. The predicted octanol–water partition coefficient (Wildman–Crippen LogP) is 3.75. The summed E-state index contributed by atoms with van der Waals surface area (Å²) in [6, 6.07) is 7.93. The van der Waals surface area contributed by atoms with Crippen LogP contribution in [0.15, 0.2) is 29.2 Å². The average Bonchev–Trinajstić information content (AvgIpc) is 2.09. The van der Waals surface area contributed by atoms with Gasteiger partial charge in [0.1, 0.15) is 0 Å². The Hall–Kier alpha value is 0.210. The first-order valence-electron chi connectivity index (χ1n) is 3.83. The first-order valence-corrected chi connectivity index (χ1v) is 5.82. The van der Waals surface area contributed by atoms with Crippen molar-refractivity contribution in [3.8, 4) is 0 Å². The number of rotatable bonds is 4. The van der Waals surface area contributed by atoms with Gasteiger partial charge in [-0.05, 0) is 30.1 Å². The zero-order valence-corrected chi connectivity index (χ0v) is 9.13. The van der Waals surface area contributed by atoms with Crippen molar-refractivity contribution in [3.63, 3.8) is 0 Å². The molecule has 0 heterocycles. The van der Waals surface area contributed by atoms with Crippen LogP contribution in [0.1, 0.15) is 6.42 Å². The van der Waals surface area contributed by atoms with Gasteiger partial charge >= 0.3 is 0 Å². The predicted molar refractivity (Wildman–Crippen MR) is 60.6 cm³/mol. The Morgan fingerprint density at radius 1 is 1.33 bits per heavy atom. The minimum Gasteiger partial charge on any atom is -0.179 e. The van der Waals surface area contributed by atoms with Crippen molar-refractivity contribution in [1.82, 2.24) is 0 Å². The number of thiol groups is 1. The lowest BCUT2D eigenvalue weighted by atomic mass is 10.4. The molecule has 1 aromatic carbocycles. The summed E-state index contributed by atoms with van der Waals surface area (Å²) in [5.74, 6) is 2.03. The van der Waals surface area contributed by atoms with Crippen LogP contribution in [0.25, 0.3) is 0 Å². The number of benzene rings is 1. The second-order valence-corrected chi connectivity index (χ2v) is 4.35. The van der Waals surface area contributed by atoms with E-state index in [9.17, 15) is 0 Å². The standard InChI is InChI=1S/C9H11ClS2/c10-8-4-1-2-5-9(8)12-7-3-6-11/h1-2,4-5,11H,3,6-7H2. The molecule has 0 aliphatic rings. The number of hydrogen-bond acceptors (Lipinski definition) is 2. The highest BCUT2D eigenvalue weighted by Gasteiger charge is 1.97. The van der Waals surface area contributed by atoms with Crippen molar-refractivity contribution >= 4 is 36.0 Å². The van der Waals surface area contributed by atoms with E-state index >= 15 is 0 Å². The lowest BCUT2D eigenvalue weighted by Crippen LogP contribution is -1.81. The normalized spacial score (nSPS) is 10.2. The van der Waals surface area contributed by atoms with E-state index in [0.717, 1.165) is 22.9 Å². The Morgan fingerprint density at radius 2 is 2.08 bits per heavy atom. The van der Waals surface area contributed by atoms with Gasteiger partial charge in [0, 0.05) is 4.90 Å². The Morgan fingerprint density at radius 3 is 2.75 bits per heavy atom. The molecule has 0 radical (unpaired) electrons. The number of halogens is 1. The van der Waals surface area contributed by atoms with Crippen molar-refractivity contribution in [2.75, 3.05) is 11.5 Å². The van der Waals surface area contributed by atoms with E-state index in [1.807, 2.05) is 24.3 Å². The second kappa shape index (κ2) is 5.79. The molecule has 1 rings (SSSR count). The van der Waals surface area contributed by atoms with Gasteiger partial charge in [-0.3, -0.25) is 0 Å². The smallest absolute Gasteiger partial charge is 0.0541 e. The van der Waals surface area contributed by atoms with Crippen LogP contribution in [0.5, 0.6) is 0 Å². The molecule has 66 valence electrons. The molecule has 1 aromatic rings. The summed E-state index contributed by atoms with van der Waals surface area (Å²) in [6.07, 6.45) is 1.12. The molecule has 0 fully saturated rings. The zero-order valence-electron chi connectivity index (χ0n) is 6.66. The van der Waals surface area contributed by atoms with E-state index in [2.05, 4.69) is 12.6 Å². The third-order valence-corrected chi connectivity index (χ3v) is 3.31. The number of thioether (sulfide) groups is 1. The molecule has 0 aromatic heterocycles. The SMILES string of the molecule is SCCCSc1ccccc1Cl. The molecule has 0 amide bonds. The molecule has 0 saturated carbocycles. The molecule has 0 aliphatic carbocycles. The van der Waals surface area contributed by atoms with Crippen molar-refractivity contribution in [2.45, 2.75) is 11.3 Å². The van der Waals surface area contributed by atoms with Crippen molar-refractivity contribution in [3.05, 3.63) is 29.3 Å². The lowest BCUT2D eigenvalue weighted by molar-refractivity contribution is 1.13. The largest absolute Gasteiger partial charge is 0.179 e. The van der Waals surface area contributed by atoms with Crippen LogP contribution in [0, 0.1) is 0 Å². The van der Waals surface area contributed by atoms with E-state index in [1.165, 1.54) is 4.90 Å². The lowest BCUT2D eigenvalue weighted by Gasteiger charge is -2.01. The summed E-state index contributed by atoms with van der Waals surface area (Å²) in [7, 11) is 0.